The van der Waals surface area contributed by atoms with E-state index in [2.05, 4.69) is 12.6 Å². The van der Waals surface area contributed by atoms with Gasteiger partial charge in [-0.15, -0.1) is 17.9 Å². The molecule has 1 aromatic heterocycles. The first kappa shape index (κ1) is 16.3. The molecule has 0 N–H and O–H groups in total. The molecule has 0 saturated carbocycles. The lowest BCUT2D eigenvalue weighted by atomic mass is 10.1. The average Bonchev–Trinajstić information content (AvgIpc) is 3.06. The molecule has 0 aliphatic heterocycles. The van der Waals surface area contributed by atoms with Crippen LogP contribution in [0.15, 0.2) is 54.4 Å². The average molecular weight is 315 g/mol. The van der Waals surface area contributed by atoms with Gasteiger partial charge in [-0.05, 0) is 35.6 Å². The van der Waals surface area contributed by atoms with E-state index < -0.39 is 0 Å². The van der Waals surface area contributed by atoms with Crippen molar-refractivity contribution < 1.29 is 9.53 Å². The summed E-state index contributed by atoms with van der Waals surface area (Å²) < 4.78 is 5.14. The lowest BCUT2D eigenvalue weighted by Gasteiger charge is -2.20. The Bertz CT molecular complexity index is 590. The standard InChI is InChI=1S/C18H21NO2S/c1-3-12-19(14-17-5-4-13-22-17)18(20)11-8-15-6-9-16(21-2)10-7-15/h3-7,9-10,13H,1,8,11-12,14H2,2H3. The van der Waals surface area contributed by atoms with Gasteiger partial charge in [-0.2, -0.15) is 0 Å². The number of amides is 1. The Labute approximate surface area is 135 Å². The zero-order valence-electron chi connectivity index (χ0n) is 12.8. The number of carbonyl (C=O) groups excluding carboxylic acids is 1. The van der Waals surface area contributed by atoms with Gasteiger partial charge < -0.3 is 9.64 Å². The third-order valence-electron chi connectivity index (χ3n) is 3.42. The first-order chi connectivity index (χ1) is 10.7. The summed E-state index contributed by atoms with van der Waals surface area (Å²) in [5.74, 6) is 0.991. The smallest absolute Gasteiger partial charge is 0.223 e. The SMILES string of the molecule is C=CCN(Cc1cccs1)C(=O)CCc1ccc(OC)cc1. The summed E-state index contributed by atoms with van der Waals surface area (Å²) in [6, 6.07) is 11.9. The van der Waals surface area contributed by atoms with Gasteiger partial charge in [0.05, 0.1) is 13.7 Å². The van der Waals surface area contributed by atoms with E-state index in [4.69, 9.17) is 4.74 Å². The fourth-order valence-electron chi connectivity index (χ4n) is 2.20. The minimum absolute atomic E-state index is 0.157. The molecule has 0 aliphatic carbocycles. The lowest BCUT2D eigenvalue weighted by Crippen LogP contribution is -2.30. The van der Waals surface area contributed by atoms with Crippen LogP contribution in [-0.4, -0.2) is 24.5 Å². The topological polar surface area (TPSA) is 29.5 Å². The van der Waals surface area contributed by atoms with Gasteiger partial charge in [0.25, 0.3) is 0 Å². The van der Waals surface area contributed by atoms with Crippen LogP contribution < -0.4 is 4.74 Å². The molecule has 0 atom stereocenters. The highest BCUT2D eigenvalue weighted by Crippen LogP contribution is 2.15. The molecule has 116 valence electrons. The van der Waals surface area contributed by atoms with E-state index in [1.165, 1.54) is 4.88 Å². The number of rotatable bonds is 8. The molecule has 0 bridgehead atoms. The fraction of sp³-hybridized carbons (Fsp3) is 0.278. The predicted molar refractivity (Wildman–Crippen MR) is 91.2 cm³/mol. The van der Waals surface area contributed by atoms with Crippen LogP contribution in [0.2, 0.25) is 0 Å². The summed E-state index contributed by atoms with van der Waals surface area (Å²) in [4.78, 5) is 15.5. The second-order valence-corrected chi connectivity index (χ2v) is 6.02. The zero-order valence-corrected chi connectivity index (χ0v) is 13.6. The summed E-state index contributed by atoms with van der Waals surface area (Å²) in [5.41, 5.74) is 1.14. The normalized spacial score (nSPS) is 10.2. The van der Waals surface area contributed by atoms with E-state index >= 15 is 0 Å². The second kappa shape index (κ2) is 8.39. The van der Waals surface area contributed by atoms with Crippen LogP contribution >= 0.6 is 11.3 Å². The van der Waals surface area contributed by atoms with Crippen LogP contribution in [0.5, 0.6) is 5.75 Å². The number of aryl methyl sites for hydroxylation is 1. The van der Waals surface area contributed by atoms with Crippen LogP contribution in [0.4, 0.5) is 0 Å². The van der Waals surface area contributed by atoms with Crippen molar-refractivity contribution >= 4 is 17.2 Å². The van der Waals surface area contributed by atoms with Crippen LogP contribution in [0.1, 0.15) is 16.9 Å². The van der Waals surface area contributed by atoms with Crippen molar-refractivity contribution in [1.29, 1.82) is 0 Å². The van der Waals surface area contributed by atoms with Gasteiger partial charge >= 0.3 is 0 Å². The molecule has 0 radical (unpaired) electrons. The number of hydrogen-bond acceptors (Lipinski definition) is 3. The van der Waals surface area contributed by atoms with Gasteiger partial charge in [0.1, 0.15) is 5.75 Å². The number of benzene rings is 1. The van der Waals surface area contributed by atoms with E-state index in [0.29, 0.717) is 19.5 Å². The molecule has 0 unspecified atom stereocenters. The first-order valence-corrected chi connectivity index (χ1v) is 8.15. The summed E-state index contributed by atoms with van der Waals surface area (Å²) in [5, 5.41) is 2.03. The molecule has 2 aromatic rings. The fourth-order valence-corrected chi connectivity index (χ4v) is 2.92. The number of thiophene rings is 1. The largest absolute Gasteiger partial charge is 0.497 e. The molecule has 0 saturated heterocycles. The molecule has 4 heteroatoms. The summed E-state index contributed by atoms with van der Waals surface area (Å²) in [6.07, 6.45) is 3.02. The molecule has 3 nitrogen and oxygen atoms in total. The maximum absolute atomic E-state index is 12.4. The van der Waals surface area contributed by atoms with Gasteiger partial charge in [-0.25, -0.2) is 0 Å². The number of nitrogens with zero attached hydrogens (tertiary/aromatic N) is 1. The molecule has 0 aliphatic rings. The lowest BCUT2D eigenvalue weighted by molar-refractivity contribution is -0.131. The number of methoxy groups -OCH3 is 1. The van der Waals surface area contributed by atoms with Crippen LogP contribution in [0, 0.1) is 0 Å². The minimum Gasteiger partial charge on any atom is -0.497 e. The summed E-state index contributed by atoms with van der Waals surface area (Å²) in [7, 11) is 1.65. The van der Waals surface area contributed by atoms with Crippen molar-refractivity contribution in [1.82, 2.24) is 4.90 Å². The highest BCUT2D eigenvalue weighted by Gasteiger charge is 2.13. The molecule has 2 rings (SSSR count). The number of hydrogen-bond donors (Lipinski definition) is 0. The second-order valence-electron chi connectivity index (χ2n) is 4.99. The quantitative estimate of drug-likeness (QED) is 0.691. The Morgan fingerprint density at radius 2 is 2.09 bits per heavy atom. The van der Waals surface area contributed by atoms with Gasteiger partial charge in [0.15, 0.2) is 0 Å². The Balaban J connectivity index is 1.90. The highest BCUT2D eigenvalue weighted by atomic mass is 32.1. The van der Waals surface area contributed by atoms with Gasteiger partial charge in [-0.1, -0.05) is 24.3 Å². The molecule has 1 amide bonds. The number of carbonyl (C=O) groups is 1. The van der Waals surface area contributed by atoms with Crippen molar-refractivity contribution in [2.75, 3.05) is 13.7 Å². The maximum Gasteiger partial charge on any atom is 0.223 e. The van der Waals surface area contributed by atoms with E-state index in [0.717, 1.165) is 17.7 Å². The molecule has 1 heterocycles. The van der Waals surface area contributed by atoms with Crippen molar-refractivity contribution in [3.05, 3.63) is 64.9 Å². The Morgan fingerprint density at radius 3 is 2.68 bits per heavy atom. The monoisotopic (exact) mass is 315 g/mol. The third-order valence-corrected chi connectivity index (χ3v) is 4.28. The Hall–Kier alpha value is -2.07. The first-order valence-electron chi connectivity index (χ1n) is 7.27. The Kier molecular flexibility index (Phi) is 6.22. The Morgan fingerprint density at radius 1 is 1.32 bits per heavy atom. The van der Waals surface area contributed by atoms with Crippen molar-refractivity contribution in [2.24, 2.45) is 0 Å². The molecular formula is C18H21NO2S. The molecular weight excluding hydrogens is 294 g/mol. The highest BCUT2D eigenvalue weighted by molar-refractivity contribution is 7.09. The molecule has 0 fully saturated rings. The van der Waals surface area contributed by atoms with Crippen molar-refractivity contribution in [3.8, 4) is 5.75 Å². The summed E-state index contributed by atoms with van der Waals surface area (Å²) >= 11 is 1.67. The summed E-state index contributed by atoms with van der Waals surface area (Å²) in [6.45, 7) is 4.99. The van der Waals surface area contributed by atoms with Crippen molar-refractivity contribution in [3.63, 3.8) is 0 Å². The van der Waals surface area contributed by atoms with Gasteiger partial charge in [0.2, 0.25) is 5.91 Å². The molecule has 22 heavy (non-hydrogen) atoms. The molecule has 1 aromatic carbocycles. The minimum atomic E-state index is 0.157. The maximum atomic E-state index is 12.4. The zero-order chi connectivity index (χ0) is 15.8. The number of ether oxygens (including phenoxy) is 1. The van der Waals surface area contributed by atoms with Crippen molar-refractivity contribution in [2.45, 2.75) is 19.4 Å². The van der Waals surface area contributed by atoms with E-state index in [-0.39, 0.29) is 5.91 Å². The molecule has 0 spiro atoms. The van der Waals surface area contributed by atoms with Crippen LogP contribution in [-0.2, 0) is 17.8 Å². The van der Waals surface area contributed by atoms with Gasteiger partial charge in [0, 0.05) is 17.8 Å². The van der Waals surface area contributed by atoms with Crippen LogP contribution in [0.3, 0.4) is 0 Å². The predicted octanol–water partition coefficient (Wildman–Crippen LogP) is 3.90. The van der Waals surface area contributed by atoms with E-state index in [1.807, 2.05) is 40.6 Å². The van der Waals surface area contributed by atoms with E-state index in [9.17, 15) is 4.79 Å². The van der Waals surface area contributed by atoms with E-state index in [1.54, 1.807) is 24.5 Å². The van der Waals surface area contributed by atoms with Crippen LogP contribution in [0.25, 0.3) is 0 Å². The third kappa shape index (κ3) is 4.74. The van der Waals surface area contributed by atoms with Gasteiger partial charge in [-0.3, -0.25) is 4.79 Å².